The molecule has 0 aliphatic rings. The van der Waals surface area contributed by atoms with Crippen LogP contribution < -0.4 is 10.1 Å². The zero-order valence-electron chi connectivity index (χ0n) is 9.63. The van der Waals surface area contributed by atoms with Crippen molar-refractivity contribution in [2.75, 3.05) is 13.7 Å². The second-order valence-corrected chi connectivity index (χ2v) is 3.60. The summed E-state index contributed by atoms with van der Waals surface area (Å²) < 4.78 is 18.7. The van der Waals surface area contributed by atoms with Gasteiger partial charge in [0.15, 0.2) is 0 Å². The normalized spacial score (nSPS) is 10.1. The SMILES string of the molecule is C=CCCCOc1cc(F)cc(CNC)c1. The maximum absolute atomic E-state index is 13.2. The lowest BCUT2D eigenvalue weighted by atomic mass is 10.2. The Morgan fingerprint density at radius 2 is 2.25 bits per heavy atom. The van der Waals surface area contributed by atoms with Crippen LogP contribution in [0.1, 0.15) is 18.4 Å². The van der Waals surface area contributed by atoms with Gasteiger partial charge in [0.25, 0.3) is 0 Å². The molecule has 1 aromatic carbocycles. The molecule has 0 atom stereocenters. The third-order valence-corrected chi connectivity index (χ3v) is 2.13. The van der Waals surface area contributed by atoms with E-state index < -0.39 is 0 Å². The third-order valence-electron chi connectivity index (χ3n) is 2.13. The second kappa shape index (κ2) is 7.01. The van der Waals surface area contributed by atoms with Crippen LogP contribution in [0.5, 0.6) is 5.75 Å². The van der Waals surface area contributed by atoms with E-state index in [9.17, 15) is 4.39 Å². The molecule has 0 radical (unpaired) electrons. The van der Waals surface area contributed by atoms with E-state index in [1.165, 1.54) is 12.1 Å². The molecule has 0 aliphatic carbocycles. The molecule has 0 amide bonds. The molecule has 0 heterocycles. The number of unbranched alkanes of at least 4 members (excludes halogenated alkanes) is 1. The molecule has 0 saturated carbocycles. The molecule has 0 aromatic heterocycles. The van der Waals surface area contributed by atoms with Crippen LogP contribution in [0.4, 0.5) is 4.39 Å². The molecule has 3 heteroatoms. The average Bonchev–Trinajstić information content (AvgIpc) is 2.24. The molecule has 16 heavy (non-hydrogen) atoms. The highest BCUT2D eigenvalue weighted by atomic mass is 19.1. The van der Waals surface area contributed by atoms with Crippen molar-refractivity contribution in [3.05, 3.63) is 42.2 Å². The quantitative estimate of drug-likeness (QED) is 0.567. The lowest BCUT2D eigenvalue weighted by molar-refractivity contribution is 0.310. The van der Waals surface area contributed by atoms with E-state index in [1.54, 1.807) is 0 Å². The highest BCUT2D eigenvalue weighted by molar-refractivity contribution is 5.29. The fourth-order valence-corrected chi connectivity index (χ4v) is 1.43. The maximum atomic E-state index is 13.2. The smallest absolute Gasteiger partial charge is 0.127 e. The van der Waals surface area contributed by atoms with Crippen LogP contribution in [-0.4, -0.2) is 13.7 Å². The van der Waals surface area contributed by atoms with Gasteiger partial charge in [-0.25, -0.2) is 4.39 Å². The highest BCUT2D eigenvalue weighted by Gasteiger charge is 2.01. The Labute approximate surface area is 96.1 Å². The molecular weight excluding hydrogens is 205 g/mol. The van der Waals surface area contributed by atoms with Crippen LogP contribution in [-0.2, 0) is 6.54 Å². The van der Waals surface area contributed by atoms with E-state index in [2.05, 4.69) is 11.9 Å². The Hall–Kier alpha value is -1.35. The molecule has 0 unspecified atom stereocenters. The predicted molar refractivity (Wildman–Crippen MR) is 64.1 cm³/mol. The van der Waals surface area contributed by atoms with Crippen LogP contribution in [0.25, 0.3) is 0 Å². The average molecular weight is 223 g/mol. The Bertz CT molecular complexity index is 339. The first-order chi connectivity index (χ1) is 7.76. The van der Waals surface area contributed by atoms with Crippen molar-refractivity contribution in [2.45, 2.75) is 19.4 Å². The van der Waals surface area contributed by atoms with Crippen molar-refractivity contribution in [3.63, 3.8) is 0 Å². The number of rotatable bonds is 7. The lowest BCUT2D eigenvalue weighted by Gasteiger charge is -2.08. The molecular formula is C13H18FNO. The van der Waals surface area contributed by atoms with Crippen molar-refractivity contribution >= 4 is 0 Å². The van der Waals surface area contributed by atoms with E-state index in [0.29, 0.717) is 18.9 Å². The van der Waals surface area contributed by atoms with Crippen LogP contribution in [0.15, 0.2) is 30.9 Å². The molecule has 88 valence electrons. The molecule has 0 aliphatic heterocycles. The molecule has 1 aromatic rings. The highest BCUT2D eigenvalue weighted by Crippen LogP contribution is 2.16. The largest absolute Gasteiger partial charge is 0.493 e. The van der Waals surface area contributed by atoms with Gasteiger partial charge in [-0.1, -0.05) is 6.08 Å². The summed E-state index contributed by atoms with van der Waals surface area (Å²) >= 11 is 0. The zero-order chi connectivity index (χ0) is 11.8. The minimum Gasteiger partial charge on any atom is -0.493 e. The molecule has 0 bridgehead atoms. The van der Waals surface area contributed by atoms with Crippen LogP contribution in [0, 0.1) is 5.82 Å². The molecule has 1 rings (SSSR count). The van der Waals surface area contributed by atoms with Gasteiger partial charge in [-0.05, 0) is 37.6 Å². The molecule has 0 saturated heterocycles. The molecule has 0 spiro atoms. The Kier molecular flexibility index (Phi) is 5.57. The van der Waals surface area contributed by atoms with Gasteiger partial charge in [0, 0.05) is 12.6 Å². The first-order valence-corrected chi connectivity index (χ1v) is 5.44. The van der Waals surface area contributed by atoms with Crippen molar-refractivity contribution in [1.82, 2.24) is 5.32 Å². The van der Waals surface area contributed by atoms with E-state index in [1.807, 2.05) is 19.2 Å². The maximum Gasteiger partial charge on any atom is 0.127 e. The number of ether oxygens (including phenoxy) is 1. The summed E-state index contributed by atoms with van der Waals surface area (Å²) in [6.07, 6.45) is 3.67. The summed E-state index contributed by atoms with van der Waals surface area (Å²) in [6.45, 7) is 4.87. The van der Waals surface area contributed by atoms with Gasteiger partial charge >= 0.3 is 0 Å². The Morgan fingerprint density at radius 3 is 2.94 bits per heavy atom. The summed E-state index contributed by atoms with van der Waals surface area (Å²) in [5, 5.41) is 2.98. The summed E-state index contributed by atoms with van der Waals surface area (Å²) in [7, 11) is 1.83. The van der Waals surface area contributed by atoms with Gasteiger partial charge in [-0.15, -0.1) is 6.58 Å². The van der Waals surface area contributed by atoms with E-state index in [0.717, 1.165) is 18.4 Å². The number of nitrogens with one attached hydrogen (secondary N) is 1. The van der Waals surface area contributed by atoms with Crippen molar-refractivity contribution in [3.8, 4) is 5.75 Å². The van der Waals surface area contributed by atoms with Gasteiger partial charge in [0.2, 0.25) is 0 Å². The molecule has 2 nitrogen and oxygen atoms in total. The number of halogens is 1. The van der Waals surface area contributed by atoms with E-state index in [-0.39, 0.29) is 5.82 Å². The number of hydrogen-bond acceptors (Lipinski definition) is 2. The fourth-order valence-electron chi connectivity index (χ4n) is 1.43. The summed E-state index contributed by atoms with van der Waals surface area (Å²) in [5.74, 6) is 0.334. The second-order valence-electron chi connectivity index (χ2n) is 3.60. The van der Waals surface area contributed by atoms with Gasteiger partial charge < -0.3 is 10.1 Å². The molecule has 0 fully saturated rings. The summed E-state index contributed by atoms with van der Waals surface area (Å²) in [6, 6.07) is 4.77. The minimum absolute atomic E-state index is 0.258. The van der Waals surface area contributed by atoms with Crippen LogP contribution in [0.2, 0.25) is 0 Å². The first kappa shape index (κ1) is 12.7. The Balaban J connectivity index is 2.54. The third kappa shape index (κ3) is 4.45. The van der Waals surface area contributed by atoms with Gasteiger partial charge in [0.1, 0.15) is 11.6 Å². The van der Waals surface area contributed by atoms with Gasteiger partial charge in [-0.2, -0.15) is 0 Å². The number of hydrogen-bond donors (Lipinski definition) is 1. The zero-order valence-corrected chi connectivity index (χ0v) is 9.63. The number of benzene rings is 1. The number of allylic oxidation sites excluding steroid dienone is 1. The van der Waals surface area contributed by atoms with E-state index in [4.69, 9.17) is 4.74 Å². The van der Waals surface area contributed by atoms with Crippen LogP contribution >= 0.6 is 0 Å². The summed E-state index contributed by atoms with van der Waals surface area (Å²) in [5.41, 5.74) is 0.890. The van der Waals surface area contributed by atoms with E-state index >= 15 is 0 Å². The fraction of sp³-hybridized carbons (Fsp3) is 0.385. The van der Waals surface area contributed by atoms with Gasteiger partial charge in [0.05, 0.1) is 6.61 Å². The predicted octanol–water partition coefficient (Wildman–Crippen LogP) is 2.89. The minimum atomic E-state index is -0.258. The first-order valence-electron chi connectivity index (χ1n) is 5.44. The molecule has 1 N–H and O–H groups in total. The van der Waals surface area contributed by atoms with Crippen molar-refractivity contribution < 1.29 is 9.13 Å². The lowest BCUT2D eigenvalue weighted by Crippen LogP contribution is -2.06. The summed E-state index contributed by atoms with van der Waals surface area (Å²) in [4.78, 5) is 0. The Morgan fingerprint density at radius 1 is 1.44 bits per heavy atom. The van der Waals surface area contributed by atoms with Crippen molar-refractivity contribution in [2.24, 2.45) is 0 Å². The van der Waals surface area contributed by atoms with Crippen molar-refractivity contribution in [1.29, 1.82) is 0 Å². The monoisotopic (exact) mass is 223 g/mol. The van der Waals surface area contributed by atoms with Crippen LogP contribution in [0.3, 0.4) is 0 Å². The standard InChI is InChI=1S/C13H18FNO/c1-3-4-5-6-16-13-8-11(10-15-2)7-12(14)9-13/h3,7-9,15H,1,4-6,10H2,2H3. The topological polar surface area (TPSA) is 21.3 Å². The van der Waals surface area contributed by atoms with Gasteiger partial charge in [-0.3, -0.25) is 0 Å².